The fourth-order valence-corrected chi connectivity index (χ4v) is 4.47. The average molecular weight is 413 g/mol. The van der Waals surface area contributed by atoms with E-state index in [9.17, 15) is 8.42 Å². The summed E-state index contributed by atoms with van der Waals surface area (Å²) < 4.78 is 24.8. The first-order chi connectivity index (χ1) is 12.8. The summed E-state index contributed by atoms with van der Waals surface area (Å²) in [6.45, 7) is 5.63. The maximum Gasteiger partial charge on any atom is 0.211 e. The van der Waals surface area contributed by atoms with Gasteiger partial charge in [0.2, 0.25) is 10.0 Å². The van der Waals surface area contributed by atoms with Gasteiger partial charge in [0, 0.05) is 44.7 Å². The Kier molecular flexibility index (Phi) is 8.44. The minimum Gasteiger partial charge on any atom is -0.357 e. The number of aliphatic imine (C=N–C) groups is 1. The summed E-state index contributed by atoms with van der Waals surface area (Å²) in [6, 6.07) is 8.61. The summed E-state index contributed by atoms with van der Waals surface area (Å²) in [7, 11) is -1.02. The summed E-state index contributed by atoms with van der Waals surface area (Å²) in [5.41, 5.74) is 1.25. The third kappa shape index (κ3) is 7.01. The maximum absolute atomic E-state index is 11.6. The first kappa shape index (κ1) is 22.0. The molecule has 6 nitrogen and oxygen atoms in total. The van der Waals surface area contributed by atoms with E-state index in [4.69, 9.17) is 4.99 Å². The van der Waals surface area contributed by atoms with Gasteiger partial charge in [0.1, 0.15) is 0 Å². The Morgan fingerprint density at radius 2 is 1.93 bits per heavy atom. The number of hydrogen-bond acceptors (Lipinski definition) is 4. The molecule has 1 aromatic carbocycles. The highest BCUT2D eigenvalue weighted by atomic mass is 32.2. The third-order valence-corrected chi connectivity index (χ3v) is 6.86. The van der Waals surface area contributed by atoms with Crippen molar-refractivity contribution in [2.24, 2.45) is 10.9 Å². The Morgan fingerprint density at radius 1 is 1.30 bits per heavy atom. The van der Waals surface area contributed by atoms with E-state index in [-0.39, 0.29) is 0 Å². The fourth-order valence-electron chi connectivity index (χ4n) is 3.19. The molecule has 1 aliphatic rings. The van der Waals surface area contributed by atoms with Crippen molar-refractivity contribution in [3.05, 3.63) is 29.8 Å². The SMILES string of the molecule is CCNC(=NCC1CCN(S(C)(=O)=O)CC1)N(C)Cc1ccc(SC)cc1. The number of piperidine rings is 1. The minimum absolute atomic E-state index is 0.436. The number of thioether (sulfide) groups is 1. The molecule has 0 radical (unpaired) electrons. The van der Waals surface area contributed by atoms with Crippen LogP contribution >= 0.6 is 11.8 Å². The molecule has 0 saturated carbocycles. The Hall–Kier alpha value is -1.25. The number of nitrogens with zero attached hydrogens (tertiary/aromatic N) is 3. The largest absolute Gasteiger partial charge is 0.357 e. The van der Waals surface area contributed by atoms with Gasteiger partial charge < -0.3 is 10.2 Å². The second-order valence-electron chi connectivity index (χ2n) is 7.00. The van der Waals surface area contributed by atoms with Crippen LogP contribution in [0.15, 0.2) is 34.2 Å². The summed E-state index contributed by atoms with van der Waals surface area (Å²) >= 11 is 1.75. The Bertz CT molecular complexity index is 712. The zero-order valence-corrected chi connectivity index (χ0v) is 18.4. The first-order valence-electron chi connectivity index (χ1n) is 9.41. The van der Waals surface area contributed by atoms with E-state index in [1.807, 2.05) is 0 Å². The second-order valence-corrected chi connectivity index (χ2v) is 9.87. The summed E-state index contributed by atoms with van der Waals surface area (Å²) in [6.07, 6.45) is 5.11. The van der Waals surface area contributed by atoms with Gasteiger partial charge in [0.15, 0.2) is 5.96 Å². The molecule has 0 spiro atoms. The second kappa shape index (κ2) is 10.3. The van der Waals surface area contributed by atoms with Crippen molar-refractivity contribution in [3.63, 3.8) is 0 Å². The average Bonchev–Trinajstić information content (AvgIpc) is 2.65. The standard InChI is InChI=1S/C19H32N4O2S2/c1-5-20-19(22(2)15-17-6-8-18(26-3)9-7-17)21-14-16-10-12-23(13-11-16)27(4,24)25/h6-9,16H,5,10-15H2,1-4H3,(H,20,21). The normalized spacial score (nSPS) is 17.1. The van der Waals surface area contributed by atoms with Gasteiger partial charge in [-0.25, -0.2) is 12.7 Å². The molecule has 0 unspecified atom stereocenters. The van der Waals surface area contributed by atoms with E-state index in [1.54, 1.807) is 16.1 Å². The lowest BCUT2D eigenvalue weighted by atomic mass is 9.98. The Morgan fingerprint density at radius 3 is 2.44 bits per heavy atom. The molecule has 1 aliphatic heterocycles. The molecule has 1 heterocycles. The van der Waals surface area contributed by atoms with Crippen LogP contribution in [0.2, 0.25) is 0 Å². The van der Waals surface area contributed by atoms with Gasteiger partial charge in [-0.05, 0) is 49.6 Å². The zero-order chi connectivity index (χ0) is 19.9. The predicted octanol–water partition coefficient (Wildman–Crippen LogP) is 2.48. The molecular weight excluding hydrogens is 380 g/mol. The molecule has 0 aromatic heterocycles. The lowest BCUT2D eigenvalue weighted by molar-refractivity contribution is 0.279. The molecule has 0 bridgehead atoms. The van der Waals surface area contributed by atoms with E-state index in [0.717, 1.165) is 38.4 Å². The minimum atomic E-state index is -3.07. The first-order valence-corrected chi connectivity index (χ1v) is 12.5. The van der Waals surface area contributed by atoms with Gasteiger partial charge in [-0.1, -0.05) is 12.1 Å². The molecule has 0 aliphatic carbocycles. The fraction of sp³-hybridized carbons (Fsp3) is 0.632. The van der Waals surface area contributed by atoms with E-state index in [1.165, 1.54) is 16.7 Å². The molecule has 27 heavy (non-hydrogen) atoms. The van der Waals surface area contributed by atoms with Gasteiger partial charge in [0.25, 0.3) is 0 Å². The van der Waals surface area contributed by atoms with Crippen LogP contribution in [-0.2, 0) is 16.6 Å². The van der Waals surface area contributed by atoms with Crippen molar-refractivity contribution in [1.29, 1.82) is 0 Å². The van der Waals surface area contributed by atoms with E-state index < -0.39 is 10.0 Å². The van der Waals surface area contributed by atoms with Crippen LogP contribution in [0.4, 0.5) is 0 Å². The molecule has 8 heteroatoms. The van der Waals surface area contributed by atoms with Crippen LogP contribution in [0.25, 0.3) is 0 Å². The molecule has 1 fully saturated rings. The van der Waals surface area contributed by atoms with Crippen LogP contribution in [0.1, 0.15) is 25.3 Å². The Labute approximate surface area is 168 Å². The molecular formula is C19H32N4O2S2. The number of nitrogens with one attached hydrogen (secondary N) is 1. The topological polar surface area (TPSA) is 65.0 Å². The predicted molar refractivity (Wildman–Crippen MR) is 115 cm³/mol. The van der Waals surface area contributed by atoms with Crippen molar-refractivity contribution in [2.45, 2.75) is 31.2 Å². The highest BCUT2D eigenvalue weighted by Gasteiger charge is 2.24. The molecule has 1 N–H and O–H groups in total. The third-order valence-electron chi connectivity index (χ3n) is 4.82. The summed E-state index contributed by atoms with van der Waals surface area (Å²) in [4.78, 5) is 8.22. The smallest absolute Gasteiger partial charge is 0.211 e. The highest BCUT2D eigenvalue weighted by Crippen LogP contribution is 2.20. The Balaban J connectivity index is 1.92. The highest BCUT2D eigenvalue weighted by molar-refractivity contribution is 7.98. The maximum atomic E-state index is 11.6. The summed E-state index contributed by atoms with van der Waals surface area (Å²) in [5, 5.41) is 3.36. The van der Waals surface area contributed by atoms with Crippen LogP contribution in [0, 0.1) is 5.92 Å². The van der Waals surface area contributed by atoms with Gasteiger partial charge in [-0.15, -0.1) is 11.8 Å². The number of hydrogen-bond donors (Lipinski definition) is 1. The van der Waals surface area contributed by atoms with Crippen molar-refractivity contribution in [1.82, 2.24) is 14.5 Å². The number of sulfonamides is 1. The lowest BCUT2D eigenvalue weighted by Crippen LogP contribution is -2.40. The van der Waals surface area contributed by atoms with E-state index in [2.05, 4.69) is 54.7 Å². The number of guanidine groups is 1. The van der Waals surface area contributed by atoms with Crippen LogP contribution in [0.5, 0.6) is 0 Å². The van der Waals surface area contributed by atoms with E-state index >= 15 is 0 Å². The van der Waals surface area contributed by atoms with Crippen molar-refractivity contribution in [3.8, 4) is 0 Å². The molecule has 0 atom stereocenters. The van der Waals surface area contributed by atoms with E-state index in [0.29, 0.717) is 19.0 Å². The quantitative estimate of drug-likeness (QED) is 0.423. The van der Waals surface area contributed by atoms with Gasteiger partial charge >= 0.3 is 0 Å². The molecule has 2 rings (SSSR count). The van der Waals surface area contributed by atoms with Crippen molar-refractivity contribution in [2.75, 3.05) is 45.7 Å². The van der Waals surface area contributed by atoms with Crippen LogP contribution in [0.3, 0.4) is 0 Å². The van der Waals surface area contributed by atoms with Crippen molar-refractivity contribution < 1.29 is 8.42 Å². The monoisotopic (exact) mass is 412 g/mol. The van der Waals surface area contributed by atoms with Gasteiger partial charge in [0.05, 0.1) is 6.26 Å². The number of benzene rings is 1. The number of rotatable bonds is 7. The molecule has 152 valence electrons. The summed E-state index contributed by atoms with van der Waals surface area (Å²) in [5.74, 6) is 1.34. The van der Waals surface area contributed by atoms with Gasteiger partial charge in [-0.3, -0.25) is 4.99 Å². The zero-order valence-electron chi connectivity index (χ0n) is 16.8. The molecule has 0 amide bonds. The lowest BCUT2D eigenvalue weighted by Gasteiger charge is -2.30. The van der Waals surface area contributed by atoms with Crippen LogP contribution < -0.4 is 5.32 Å². The molecule has 1 aromatic rings. The molecule has 1 saturated heterocycles. The van der Waals surface area contributed by atoms with Crippen molar-refractivity contribution >= 4 is 27.7 Å². The van der Waals surface area contributed by atoms with Gasteiger partial charge in [-0.2, -0.15) is 0 Å². The van der Waals surface area contributed by atoms with Crippen LogP contribution in [-0.4, -0.2) is 69.3 Å².